The summed E-state index contributed by atoms with van der Waals surface area (Å²) in [6.07, 6.45) is 0. The van der Waals surface area contributed by atoms with Gasteiger partial charge in [0, 0.05) is 24.4 Å². The van der Waals surface area contributed by atoms with Crippen LogP contribution in [0.15, 0.2) is 18.2 Å². The summed E-state index contributed by atoms with van der Waals surface area (Å²) in [6, 6.07) is 2.98. The fraction of sp³-hybridized carbons (Fsp3) is 0.400. The number of halogens is 1. The molecule has 0 bridgehead atoms. The smallest absolute Gasteiger partial charge is 0.292 e. The van der Waals surface area contributed by atoms with Crippen LogP contribution in [0.2, 0.25) is 0 Å². The van der Waals surface area contributed by atoms with E-state index in [0.29, 0.717) is 0 Å². The predicted octanol–water partition coefficient (Wildman–Crippen LogP) is 1.58. The SMILES string of the molecule is CCS(=O)(=O)CCNc1cc(F)ccc1[N+](=O)[O-]. The third kappa shape index (κ3) is 3.95. The Kier molecular flexibility index (Phi) is 4.60. The maximum atomic E-state index is 13.0. The number of anilines is 1. The molecule has 100 valence electrons. The van der Waals surface area contributed by atoms with Gasteiger partial charge in [-0.3, -0.25) is 10.1 Å². The van der Waals surface area contributed by atoms with E-state index in [9.17, 15) is 22.9 Å². The zero-order valence-corrected chi connectivity index (χ0v) is 10.5. The fourth-order valence-corrected chi connectivity index (χ4v) is 2.00. The number of hydrogen-bond donors (Lipinski definition) is 1. The van der Waals surface area contributed by atoms with Gasteiger partial charge >= 0.3 is 0 Å². The van der Waals surface area contributed by atoms with Gasteiger partial charge in [0.05, 0.1) is 10.7 Å². The molecular formula is C10H13FN2O4S. The maximum Gasteiger partial charge on any atom is 0.292 e. The Morgan fingerprint density at radius 1 is 1.44 bits per heavy atom. The topological polar surface area (TPSA) is 89.3 Å². The molecule has 0 unspecified atom stereocenters. The number of hydrogen-bond acceptors (Lipinski definition) is 5. The van der Waals surface area contributed by atoms with Gasteiger partial charge in [0.1, 0.15) is 11.5 Å². The van der Waals surface area contributed by atoms with Crippen LogP contribution in [0.5, 0.6) is 0 Å². The van der Waals surface area contributed by atoms with Crippen LogP contribution in [0.1, 0.15) is 6.92 Å². The van der Waals surface area contributed by atoms with Crippen molar-refractivity contribution < 1.29 is 17.7 Å². The minimum Gasteiger partial charge on any atom is -0.378 e. The van der Waals surface area contributed by atoms with Gasteiger partial charge in [-0.15, -0.1) is 0 Å². The zero-order chi connectivity index (χ0) is 13.8. The average Bonchev–Trinajstić information content (AvgIpc) is 2.28. The number of benzene rings is 1. The van der Waals surface area contributed by atoms with Gasteiger partial charge < -0.3 is 5.32 Å². The standard InChI is InChI=1S/C10H13FN2O4S/c1-2-18(16,17)6-5-12-9-7-8(11)3-4-10(9)13(14)15/h3-4,7,12H,2,5-6H2,1H3. The van der Waals surface area contributed by atoms with Crippen molar-refractivity contribution in [3.63, 3.8) is 0 Å². The Balaban J connectivity index is 2.78. The molecule has 0 saturated carbocycles. The highest BCUT2D eigenvalue weighted by Gasteiger charge is 2.15. The lowest BCUT2D eigenvalue weighted by Crippen LogP contribution is -2.17. The van der Waals surface area contributed by atoms with Gasteiger partial charge in [0.2, 0.25) is 0 Å². The number of rotatable bonds is 6. The van der Waals surface area contributed by atoms with Gasteiger partial charge in [-0.25, -0.2) is 12.8 Å². The van der Waals surface area contributed by atoms with Gasteiger partial charge in [-0.1, -0.05) is 6.92 Å². The van der Waals surface area contributed by atoms with Crippen molar-refractivity contribution in [3.05, 3.63) is 34.1 Å². The van der Waals surface area contributed by atoms with E-state index in [1.807, 2.05) is 0 Å². The van der Waals surface area contributed by atoms with Gasteiger partial charge in [0.25, 0.3) is 5.69 Å². The van der Waals surface area contributed by atoms with Crippen molar-refractivity contribution in [1.82, 2.24) is 0 Å². The molecule has 1 aromatic carbocycles. The van der Waals surface area contributed by atoms with Crippen LogP contribution in [-0.2, 0) is 9.84 Å². The molecule has 8 heteroatoms. The first kappa shape index (κ1) is 14.4. The number of nitrogens with zero attached hydrogens (tertiary/aromatic N) is 1. The normalized spacial score (nSPS) is 11.2. The van der Waals surface area contributed by atoms with E-state index in [-0.39, 0.29) is 29.4 Å². The van der Waals surface area contributed by atoms with Gasteiger partial charge in [-0.2, -0.15) is 0 Å². The molecule has 0 radical (unpaired) electrons. The summed E-state index contributed by atoms with van der Waals surface area (Å²) in [4.78, 5) is 10.0. The third-order valence-corrected chi connectivity index (χ3v) is 4.03. The fourth-order valence-electron chi connectivity index (χ4n) is 1.29. The summed E-state index contributed by atoms with van der Waals surface area (Å²) >= 11 is 0. The maximum absolute atomic E-state index is 13.0. The quantitative estimate of drug-likeness (QED) is 0.629. The Hall–Kier alpha value is -1.70. The van der Waals surface area contributed by atoms with Gasteiger partial charge in [0.15, 0.2) is 9.84 Å². The number of nitro groups is 1. The van der Waals surface area contributed by atoms with E-state index in [4.69, 9.17) is 0 Å². The highest BCUT2D eigenvalue weighted by molar-refractivity contribution is 7.91. The van der Waals surface area contributed by atoms with E-state index >= 15 is 0 Å². The Bertz CT molecular complexity index is 545. The van der Waals surface area contributed by atoms with Crippen LogP contribution in [0.3, 0.4) is 0 Å². The third-order valence-electron chi connectivity index (χ3n) is 2.32. The average molecular weight is 276 g/mol. The summed E-state index contributed by atoms with van der Waals surface area (Å²) in [5.41, 5.74) is -0.309. The molecular weight excluding hydrogens is 263 g/mol. The molecule has 0 atom stereocenters. The minimum absolute atomic E-state index is 0.0000753. The summed E-state index contributed by atoms with van der Waals surface area (Å²) in [6.45, 7) is 1.51. The molecule has 0 aromatic heterocycles. The molecule has 1 rings (SSSR count). The molecule has 0 spiro atoms. The second kappa shape index (κ2) is 5.76. The van der Waals surface area contributed by atoms with E-state index in [1.165, 1.54) is 6.92 Å². The van der Waals surface area contributed by atoms with Crippen molar-refractivity contribution in [2.24, 2.45) is 0 Å². The Morgan fingerprint density at radius 3 is 2.67 bits per heavy atom. The van der Waals surface area contributed by atoms with E-state index in [0.717, 1.165) is 18.2 Å². The molecule has 0 aliphatic heterocycles. The van der Waals surface area contributed by atoms with Crippen molar-refractivity contribution in [3.8, 4) is 0 Å². The van der Waals surface area contributed by atoms with Crippen molar-refractivity contribution >= 4 is 21.2 Å². The number of sulfone groups is 1. The van der Waals surface area contributed by atoms with E-state index in [1.54, 1.807) is 0 Å². The lowest BCUT2D eigenvalue weighted by Gasteiger charge is -2.07. The zero-order valence-electron chi connectivity index (χ0n) is 9.72. The van der Waals surface area contributed by atoms with E-state index < -0.39 is 20.6 Å². The molecule has 18 heavy (non-hydrogen) atoms. The first-order chi connectivity index (χ1) is 8.35. The lowest BCUT2D eigenvalue weighted by molar-refractivity contribution is -0.384. The highest BCUT2D eigenvalue weighted by Crippen LogP contribution is 2.24. The summed E-state index contributed by atoms with van der Waals surface area (Å²) < 4.78 is 35.4. The molecule has 6 nitrogen and oxygen atoms in total. The molecule has 1 aromatic rings. The molecule has 0 aliphatic carbocycles. The monoisotopic (exact) mass is 276 g/mol. The first-order valence-corrected chi connectivity index (χ1v) is 7.06. The Labute approximate surface area is 104 Å². The van der Waals surface area contributed by atoms with E-state index in [2.05, 4.69) is 5.32 Å². The number of nitro benzene ring substituents is 1. The summed E-state index contributed by atoms with van der Waals surface area (Å²) in [5.74, 6) is -0.779. The molecule has 0 amide bonds. The number of nitrogens with one attached hydrogen (secondary N) is 1. The lowest BCUT2D eigenvalue weighted by atomic mass is 10.2. The van der Waals surface area contributed by atoms with Crippen molar-refractivity contribution in [2.75, 3.05) is 23.4 Å². The largest absolute Gasteiger partial charge is 0.378 e. The van der Waals surface area contributed by atoms with Crippen LogP contribution in [0, 0.1) is 15.9 Å². The van der Waals surface area contributed by atoms with Crippen molar-refractivity contribution in [2.45, 2.75) is 6.92 Å². The summed E-state index contributed by atoms with van der Waals surface area (Å²) in [7, 11) is -3.16. The minimum atomic E-state index is -3.16. The Morgan fingerprint density at radius 2 is 2.11 bits per heavy atom. The first-order valence-electron chi connectivity index (χ1n) is 5.24. The second-order valence-corrected chi connectivity index (χ2v) is 6.05. The predicted molar refractivity (Wildman–Crippen MR) is 65.9 cm³/mol. The molecule has 0 heterocycles. The van der Waals surface area contributed by atoms with Crippen LogP contribution < -0.4 is 5.32 Å². The molecule has 0 fully saturated rings. The van der Waals surface area contributed by atoms with Gasteiger partial charge in [-0.05, 0) is 6.07 Å². The highest BCUT2D eigenvalue weighted by atomic mass is 32.2. The molecule has 0 aliphatic rings. The molecule has 0 saturated heterocycles. The van der Waals surface area contributed by atoms with Crippen molar-refractivity contribution in [1.29, 1.82) is 0 Å². The molecule has 1 N–H and O–H groups in total. The van der Waals surface area contributed by atoms with Crippen LogP contribution in [-0.4, -0.2) is 31.4 Å². The second-order valence-electron chi connectivity index (χ2n) is 3.58. The van der Waals surface area contributed by atoms with Crippen LogP contribution >= 0.6 is 0 Å². The summed E-state index contributed by atoms with van der Waals surface area (Å²) in [5, 5.41) is 13.2. The van der Waals surface area contributed by atoms with Crippen LogP contribution in [0.25, 0.3) is 0 Å². The van der Waals surface area contributed by atoms with Crippen LogP contribution in [0.4, 0.5) is 15.8 Å².